The van der Waals surface area contributed by atoms with E-state index in [9.17, 15) is 5.26 Å². The molecule has 0 saturated carbocycles. The number of fused-ring (bicyclic) bond motifs is 24. The molecular formula is C83H47N9O. The molecule has 11 aromatic carbocycles. The van der Waals surface area contributed by atoms with E-state index in [2.05, 4.69) is 278 Å². The molecule has 430 valence electrons. The Bertz CT molecular complexity index is 6260. The molecule has 0 atom stereocenters. The van der Waals surface area contributed by atoms with Crippen LogP contribution < -0.4 is 4.74 Å². The van der Waals surface area contributed by atoms with Gasteiger partial charge in [0.1, 0.15) is 11.5 Å². The number of nitriles is 1. The number of hydrogen-bond acceptors (Lipinski definition) is 5. The summed E-state index contributed by atoms with van der Waals surface area (Å²) in [6, 6.07) is 96.2. The molecule has 2 aliphatic rings. The summed E-state index contributed by atoms with van der Waals surface area (Å²) in [6.45, 7) is 0. The van der Waals surface area contributed by atoms with Crippen molar-refractivity contribution in [1.29, 1.82) is 5.26 Å². The molecule has 0 saturated heterocycles. The van der Waals surface area contributed by atoms with Crippen molar-refractivity contribution in [1.82, 2.24) is 37.8 Å². The van der Waals surface area contributed by atoms with Gasteiger partial charge in [-0.05, 0) is 133 Å². The molecule has 8 aromatic heterocycles. The van der Waals surface area contributed by atoms with Gasteiger partial charge in [0.25, 0.3) is 0 Å². The minimum absolute atomic E-state index is 0.634. The molecule has 19 aromatic rings. The van der Waals surface area contributed by atoms with Crippen LogP contribution in [0.1, 0.15) is 27.8 Å². The third-order valence-electron chi connectivity index (χ3n) is 20.1. The molecule has 0 radical (unpaired) electrons. The number of rotatable bonds is 5. The number of para-hydroxylation sites is 7. The van der Waals surface area contributed by atoms with Crippen molar-refractivity contribution in [3.63, 3.8) is 0 Å². The Morgan fingerprint density at radius 1 is 0.290 bits per heavy atom. The van der Waals surface area contributed by atoms with Crippen LogP contribution >= 0.6 is 0 Å². The zero-order chi connectivity index (χ0) is 60.8. The lowest BCUT2D eigenvalue weighted by Crippen LogP contribution is -2.33. The molecule has 0 unspecified atom stereocenters. The maximum absolute atomic E-state index is 10.0. The minimum Gasteiger partial charge on any atom is -0.457 e. The molecular weight excluding hydrogens is 1140 g/mol. The average Bonchev–Trinajstić information content (AvgIpc) is 1.60. The molecule has 10 heteroatoms. The molecule has 10 nitrogen and oxygen atoms in total. The molecule has 9 heterocycles. The smallest absolute Gasteiger partial charge is 0.132 e. The molecule has 21 rings (SSSR count). The lowest BCUT2D eigenvalue weighted by Gasteiger charge is -2.39. The SMILES string of the molecule is N#Cc1ccc2c(c1)c1ccccc1n2-c1ccc2c(c1)c1ccccc1n2-c1ccc2c(c1)C1(c3cc(-n4c5ccccc5c5ccncc54)ccc3O2)c2cc(-n3c4ccccc4c4ccccc43)cnc2-c2ncc(-n3c4ccccc4c4ccccc43)cc21. The van der Waals surface area contributed by atoms with E-state index >= 15 is 0 Å². The third kappa shape index (κ3) is 6.60. The van der Waals surface area contributed by atoms with Gasteiger partial charge in [-0.2, -0.15) is 5.26 Å². The summed E-state index contributed by atoms with van der Waals surface area (Å²) in [6.07, 6.45) is 7.94. The fourth-order valence-corrected chi connectivity index (χ4v) is 16.4. The van der Waals surface area contributed by atoms with Crippen molar-refractivity contribution >= 4 is 109 Å². The van der Waals surface area contributed by atoms with Crippen LogP contribution in [-0.2, 0) is 5.41 Å². The Morgan fingerprint density at radius 2 is 0.624 bits per heavy atom. The Hall–Kier alpha value is -12.8. The first-order valence-corrected chi connectivity index (χ1v) is 31.4. The Balaban J connectivity index is 0.877. The van der Waals surface area contributed by atoms with Gasteiger partial charge >= 0.3 is 0 Å². The highest BCUT2D eigenvalue weighted by molar-refractivity contribution is 6.14. The van der Waals surface area contributed by atoms with Gasteiger partial charge in [0.05, 0.1) is 114 Å². The van der Waals surface area contributed by atoms with Crippen LogP contribution in [0.15, 0.2) is 286 Å². The highest BCUT2D eigenvalue weighted by Gasteiger charge is 2.54. The summed E-state index contributed by atoms with van der Waals surface area (Å²) in [5, 5.41) is 21.3. The fourth-order valence-electron chi connectivity index (χ4n) is 16.4. The van der Waals surface area contributed by atoms with Crippen LogP contribution in [-0.4, -0.2) is 37.8 Å². The molecule has 0 bridgehead atoms. The van der Waals surface area contributed by atoms with Crippen LogP contribution in [0.5, 0.6) is 11.5 Å². The van der Waals surface area contributed by atoms with Crippen molar-refractivity contribution in [2.75, 3.05) is 0 Å². The molecule has 1 aliphatic carbocycles. The van der Waals surface area contributed by atoms with E-state index in [0.717, 1.165) is 161 Å². The van der Waals surface area contributed by atoms with Gasteiger partial charge in [0.15, 0.2) is 0 Å². The van der Waals surface area contributed by atoms with Gasteiger partial charge < -0.3 is 27.6 Å². The van der Waals surface area contributed by atoms with Gasteiger partial charge in [-0.3, -0.25) is 15.0 Å². The summed E-state index contributed by atoms with van der Waals surface area (Å²) in [7, 11) is 0. The van der Waals surface area contributed by atoms with Crippen LogP contribution in [0, 0.1) is 11.3 Å². The molecule has 93 heavy (non-hydrogen) atoms. The first kappa shape index (κ1) is 50.1. The number of hydrogen-bond donors (Lipinski definition) is 0. The Kier molecular flexibility index (Phi) is 9.90. The van der Waals surface area contributed by atoms with Crippen LogP contribution in [0.4, 0.5) is 0 Å². The van der Waals surface area contributed by atoms with Crippen molar-refractivity contribution in [2.45, 2.75) is 5.41 Å². The first-order chi connectivity index (χ1) is 46.1. The second kappa shape index (κ2) is 18.4. The van der Waals surface area contributed by atoms with E-state index in [4.69, 9.17) is 19.7 Å². The number of benzene rings is 11. The van der Waals surface area contributed by atoms with E-state index in [0.29, 0.717) is 5.56 Å². The normalized spacial score (nSPS) is 13.1. The molecule has 1 spiro atoms. The lowest BCUT2D eigenvalue weighted by atomic mass is 9.66. The van der Waals surface area contributed by atoms with Crippen LogP contribution in [0.2, 0.25) is 0 Å². The zero-order valence-corrected chi connectivity index (χ0v) is 49.6. The quantitative estimate of drug-likeness (QED) is 0.171. The highest BCUT2D eigenvalue weighted by atomic mass is 16.5. The fraction of sp³-hybridized carbons (Fsp3) is 0.0120. The average molecular weight is 1190 g/mol. The molecule has 0 amide bonds. The maximum Gasteiger partial charge on any atom is 0.132 e. The Morgan fingerprint density at radius 3 is 1.06 bits per heavy atom. The summed E-state index contributed by atoms with van der Waals surface area (Å²) in [4.78, 5) is 16.1. The van der Waals surface area contributed by atoms with E-state index in [1.807, 2.05) is 36.9 Å². The van der Waals surface area contributed by atoms with E-state index in [-0.39, 0.29) is 0 Å². The topological polar surface area (TPSA) is 96.3 Å². The first-order valence-electron chi connectivity index (χ1n) is 31.4. The molecule has 0 N–H and O–H groups in total. The van der Waals surface area contributed by atoms with E-state index in [1.54, 1.807) is 0 Å². The van der Waals surface area contributed by atoms with Crippen molar-refractivity contribution in [2.24, 2.45) is 0 Å². The molecule has 1 aliphatic heterocycles. The summed E-state index contributed by atoms with van der Waals surface area (Å²) in [5.74, 6) is 1.47. The van der Waals surface area contributed by atoms with Crippen molar-refractivity contribution in [3.8, 4) is 57.4 Å². The number of pyridine rings is 3. The lowest BCUT2D eigenvalue weighted by molar-refractivity contribution is 0.436. The zero-order valence-electron chi connectivity index (χ0n) is 49.6. The Labute approximate surface area is 530 Å². The number of aromatic nitrogens is 8. The minimum atomic E-state index is -1.12. The molecule has 0 fully saturated rings. The second-order valence-electron chi connectivity index (χ2n) is 24.6. The van der Waals surface area contributed by atoms with Crippen molar-refractivity contribution in [3.05, 3.63) is 313 Å². The van der Waals surface area contributed by atoms with Gasteiger partial charge in [-0.15, -0.1) is 0 Å². The van der Waals surface area contributed by atoms with Crippen LogP contribution in [0.3, 0.4) is 0 Å². The standard InChI is InChI=1S/C83H47N9O/c84-45-49-29-33-76-63(39-49)60-20-6-13-27-74(60)88(76)50-30-34-77-64(40-50)61-21-7-14-28-75(61)89(77)51-31-35-79-65(41-51)83(66-42-52(32-36-80(66)93-79)90-69-22-8-5-19-59(69)62-37-38-85-48-78(62)90)67-43-53(91-70-23-9-1-15-55(70)56-16-2-10-24-71(56)91)46-86-81(67)82-68(83)44-54(47-87-82)92-72-25-11-3-17-57(72)58-18-4-12-26-73(58)92/h1-44,46-48H. The number of nitrogens with zero attached hydrogens (tertiary/aromatic N) is 9. The second-order valence-corrected chi connectivity index (χ2v) is 24.6. The van der Waals surface area contributed by atoms with Gasteiger partial charge in [0.2, 0.25) is 0 Å². The van der Waals surface area contributed by atoms with Gasteiger partial charge in [0, 0.05) is 99.4 Å². The summed E-state index contributed by atoms with van der Waals surface area (Å²) < 4.78 is 19.3. The predicted molar refractivity (Wildman–Crippen MR) is 374 cm³/mol. The largest absolute Gasteiger partial charge is 0.457 e. The van der Waals surface area contributed by atoms with Gasteiger partial charge in [-0.1, -0.05) is 127 Å². The summed E-state index contributed by atoms with van der Waals surface area (Å²) >= 11 is 0. The number of ether oxygens (including phenoxy) is 1. The van der Waals surface area contributed by atoms with E-state index < -0.39 is 5.41 Å². The highest BCUT2D eigenvalue weighted by Crippen LogP contribution is 2.63. The third-order valence-corrected chi connectivity index (χ3v) is 20.1. The van der Waals surface area contributed by atoms with Crippen LogP contribution in [0.25, 0.3) is 149 Å². The monoisotopic (exact) mass is 1190 g/mol. The van der Waals surface area contributed by atoms with E-state index in [1.165, 1.54) is 21.5 Å². The van der Waals surface area contributed by atoms with Crippen molar-refractivity contribution < 1.29 is 4.74 Å². The predicted octanol–water partition coefficient (Wildman–Crippen LogP) is 19.7. The van der Waals surface area contributed by atoms with Gasteiger partial charge in [-0.25, -0.2) is 0 Å². The summed E-state index contributed by atoms with van der Waals surface area (Å²) in [5.41, 5.74) is 20.6. The maximum atomic E-state index is 10.0.